The van der Waals surface area contributed by atoms with Crippen LogP contribution < -0.4 is 5.32 Å². The van der Waals surface area contributed by atoms with E-state index in [1.165, 1.54) is 25.9 Å². The number of rotatable bonds is 5. The minimum atomic E-state index is 0.180. The molecule has 1 N–H and O–H groups in total. The highest BCUT2D eigenvalue weighted by atomic mass is 16.2. The van der Waals surface area contributed by atoms with Crippen LogP contribution in [0.1, 0.15) is 19.8 Å². The van der Waals surface area contributed by atoms with Gasteiger partial charge in [-0.05, 0) is 44.9 Å². The summed E-state index contributed by atoms with van der Waals surface area (Å²) in [7, 11) is 1.95. The molecule has 1 amide bonds. The summed E-state index contributed by atoms with van der Waals surface area (Å²) in [6.45, 7) is 8.43. The fourth-order valence-electron chi connectivity index (χ4n) is 2.62. The van der Waals surface area contributed by atoms with E-state index in [0.29, 0.717) is 11.8 Å². The highest BCUT2D eigenvalue weighted by Gasteiger charge is 2.30. The molecule has 0 aromatic heterocycles. The van der Waals surface area contributed by atoms with Crippen LogP contribution in [0, 0.1) is 11.8 Å². The second-order valence-electron chi connectivity index (χ2n) is 5.52. The van der Waals surface area contributed by atoms with Crippen LogP contribution in [0.2, 0.25) is 0 Å². The summed E-state index contributed by atoms with van der Waals surface area (Å²) < 4.78 is 0. The van der Waals surface area contributed by atoms with Crippen molar-refractivity contribution in [3.63, 3.8) is 0 Å². The quantitative estimate of drug-likeness (QED) is 0.754. The van der Waals surface area contributed by atoms with Crippen LogP contribution in [0.15, 0.2) is 0 Å². The Kier molecular flexibility index (Phi) is 4.40. The van der Waals surface area contributed by atoms with E-state index in [2.05, 4.69) is 17.1 Å². The second-order valence-corrected chi connectivity index (χ2v) is 5.52. The molecule has 1 atom stereocenters. The van der Waals surface area contributed by atoms with E-state index in [-0.39, 0.29) is 5.92 Å². The van der Waals surface area contributed by atoms with Gasteiger partial charge in [0.15, 0.2) is 0 Å². The number of likely N-dealkylation sites (tertiary alicyclic amines) is 1. The van der Waals surface area contributed by atoms with Gasteiger partial charge in [0, 0.05) is 26.1 Å². The lowest BCUT2D eigenvalue weighted by molar-refractivity contribution is -0.136. The first-order valence-corrected chi connectivity index (χ1v) is 6.86. The van der Waals surface area contributed by atoms with Gasteiger partial charge in [0.05, 0.1) is 0 Å². The molecule has 0 bridgehead atoms. The predicted octanol–water partition coefficient (Wildman–Crippen LogP) is 0.396. The fraction of sp³-hybridized carbons (Fsp3) is 0.923. The van der Waals surface area contributed by atoms with E-state index < -0.39 is 0 Å². The third-order valence-corrected chi connectivity index (χ3v) is 4.24. The van der Waals surface area contributed by atoms with Gasteiger partial charge in [0.2, 0.25) is 5.91 Å². The van der Waals surface area contributed by atoms with Gasteiger partial charge >= 0.3 is 0 Å². The largest absolute Gasteiger partial charge is 0.344 e. The molecule has 2 aliphatic rings. The number of likely N-dealkylation sites (N-methyl/N-ethyl adjacent to an activating group) is 1. The van der Waals surface area contributed by atoms with Crippen molar-refractivity contribution in [2.24, 2.45) is 11.8 Å². The Morgan fingerprint density at radius 3 is 2.59 bits per heavy atom. The number of carbonyl (C=O) groups excluding carboxylic acids is 1. The van der Waals surface area contributed by atoms with Crippen molar-refractivity contribution in [3.8, 4) is 0 Å². The van der Waals surface area contributed by atoms with Crippen molar-refractivity contribution in [3.05, 3.63) is 0 Å². The lowest BCUT2D eigenvalue weighted by Gasteiger charge is -2.34. The zero-order valence-corrected chi connectivity index (χ0v) is 11.1. The van der Waals surface area contributed by atoms with Gasteiger partial charge in [0.25, 0.3) is 0 Å². The normalized spacial score (nSPS) is 23.4. The molecule has 2 saturated heterocycles. The number of nitrogens with zero attached hydrogens (tertiary/aromatic N) is 2. The van der Waals surface area contributed by atoms with Crippen molar-refractivity contribution >= 4 is 5.91 Å². The third kappa shape index (κ3) is 3.19. The molecule has 0 aromatic rings. The van der Waals surface area contributed by atoms with Crippen molar-refractivity contribution < 1.29 is 4.79 Å². The zero-order valence-electron chi connectivity index (χ0n) is 11.1. The summed E-state index contributed by atoms with van der Waals surface area (Å²) in [5.41, 5.74) is 0. The highest BCUT2D eigenvalue weighted by Crippen LogP contribution is 2.18. The van der Waals surface area contributed by atoms with Crippen LogP contribution in [0.25, 0.3) is 0 Å². The zero-order chi connectivity index (χ0) is 12.3. The van der Waals surface area contributed by atoms with E-state index in [0.717, 1.165) is 26.2 Å². The molecule has 2 heterocycles. The van der Waals surface area contributed by atoms with E-state index in [9.17, 15) is 4.79 Å². The molecule has 2 rings (SSSR count). The summed E-state index contributed by atoms with van der Waals surface area (Å²) in [6.07, 6.45) is 2.64. The fourth-order valence-corrected chi connectivity index (χ4v) is 2.62. The smallest absolute Gasteiger partial charge is 0.225 e. The average Bonchev–Trinajstić information content (AvgIpc) is 2.75. The molecule has 98 valence electrons. The SMILES string of the molecule is CC(C(=O)N(C)CCN1CCCC1)C1CNC1. The van der Waals surface area contributed by atoms with Gasteiger partial charge in [-0.3, -0.25) is 4.79 Å². The molecular weight excluding hydrogens is 214 g/mol. The minimum absolute atomic E-state index is 0.180. The number of nitrogens with one attached hydrogen (secondary N) is 1. The summed E-state index contributed by atoms with van der Waals surface area (Å²) in [4.78, 5) is 16.5. The van der Waals surface area contributed by atoms with Crippen molar-refractivity contribution in [2.45, 2.75) is 19.8 Å². The van der Waals surface area contributed by atoms with Gasteiger partial charge in [0.1, 0.15) is 0 Å². The van der Waals surface area contributed by atoms with Crippen molar-refractivity contribution in [2.75, 3.05) is 46.3 Å². The Morgan fingerprint density at radius 1 is 1.41 bits per heavy atom. The Bertz CT molecular complexity index is 259. The molecular formula is C13H25N3O. The molecule has 17 heavy (non-hydrogen) atoms. The first kappa shape index (κ1) is 12.8. The summed E-state index contributed by atoms with van der Waals surface area (Å²) in [5.74, 6) is 1.05. The Morgan fingerprint density at radius 2 is 2.06 bits per heavy atom. The van der Waals surface area contributed by atoms with Gasteiger partial charge in [-0.25, -0.2) is 0 Å². The average molecular weight is 239 g/mol. The summed E-state index contributed by atoms with van der Waals surface area (Å²) in [6, 6.07) is 0. The summed E-state index contributed by atoms with van der Waals surface area (Å²) in [5, 5.41) is 3.23. The van der Waals surface area contributed by atoms with Crippen molar-refractivity contribution in [1.82, 2.24) is 15.1 Å². The lowest BCUT2D eigenvalue weighted by Crippen LogP contribution is -2.50. The van der Waals surface area contributed by atoms with E-state index in [1.807, 2.05) is 11.9 Å². The first-order chi connectivity index (χ1) is 8.18. The van der Waals surface area contributed by atoms with Crippen LogP contribution in [0.5, 0.6) is 0 Å². The summed E-state index contributed by atoms with van der Waals surface area (Å²) >= 11 is 0. The van der Waals surface area contributed by atoms with Gasteiger partial charge in [-0.2, -0.15) is 0 Å². The maximum absolute atomic E-state index is 12.2. The van der Waals surface area contributed by atoms with Gasteiger partial charge in [-0.1, -0.05) is 6.92 Å². The molecule has 0 aliphatic carbocycles. The van der Waals surface area contributed by atoms with Crippen molar-refractivity contribution in [1.29, 1.82) is 0 Å². The molecule has 0 saturated carbocycles. The molecule has 4 nitrogen and oxygen atoms in total. The van der Waals surface area contributed by atoms with Gasteiger partial charge < -0.3 is 15.1 Å². The monoisotopic (exact) mass is 239 g/mol. The standard InChI is InChI=1S/C13H25N3O/c1-11(12-9-14-10-12)13(17)15(2)7-8-16-5-3-4-6-16/h11-12,14H,3-10H2,1-2H3. The number of hydrogen-bond donors (Lipinski definition) is 1. The number of hydrogen-bond acceptors (Lipinski definition) is 3. The highest BCUT2D eigenvalue weighted by molar-refractivity contribution is 5.78. The van der Waals surface area contributed by atoms with Crippen LogP contribution in [0.3, 0.4) is 0 Å². The molecule has 2 fully saturated rings. The molecule has 2 aliphatic heterocycles. The maximum atomic E-state index is 12.2. The molecule has 4 heteroatoms. The Balaban J connectivity index is 1.70. The Hall–Kier alpha value is -0.610. The molecule has 0 radical (unpaired) electrons. The first-order valence-electron chi connectivity index (χ1n) is 6.86. The van der Waals surface area contributed by atoms with E-state index in [1.54, 1.807) is 0 Å². The third-order valence-electron chi connectivity index (χ3n) is 4.24. The Labute approximate surface area is 104 Å². The minimum Gasteiger partial charge on any atom is -0.344 e. The van der Waals surface area contributed by atoms with Crippen LogP contribution in [-0.2, 0) is 4.79 Å². The number of amides is 1. The predicted molar refractivity (Wildman–Crippen MR) is 68.8 cm³/mol. The maximum Gasteiger partial charge on any atom is 0.225 e. The lowest BCUT2D eigenvalue weighted by atomic mass is 9.88. The molecule has 1 unspecified atom stereocenters. The van der Waals surface area contributed by atoms with Gasteiger partial charge in [-0.15, -0.1) is 0 Å². The second kappa shape index (κ2) is 5.83. The van der Waals surface area contributed by atoms with E-state index in [4.69, 9.17) is 0 Å². The van der Waals surface area contributed by atoms with Crippen LogP contribution >= 0.6 is 0 Å². The number of carbonyl (C=O) groups is 1. The molecule has 0 spiro atoms. The topological polar surface area (TPSA) is 35.6 Å². The van der Waals surface area contributed by atoms with Crippen LogP contribution in [0.4, 0.5) is 0 Å². The van der Waals surface area contributed by atoms with E-state index >= 15 is 0 Å². The van der Waals surface area contributed by atoms with Crippen LogP contribution in [-0.4, -0.2) is 62.0 Å². The molecule has 0 aromatic carbocycles.